The van der Waals surface area contributed by atoms with Crippen LogP contribution in [0.4, 0.5) is 11.4 Å². The molecule has 0 unspecified atom stereocenters. The first kappa shape index (κ1) is 19.5. The Hall–Kier alpha value is -1.84. The summed E-state index contributed by atoms with van der Waals surface area (Å²) >= 11 is 6.68. The Kier molecular flexibility index (Phi) is 6.26. The third kappa shape index (κ3) is 4.62. The third-order valence-electron chi connectivity index (χ3n) is 3.63. The van der Waals surface area contributed by atoms with Gasteiger partial charge in [-0.3, -0.25) is 20.2 Å². The number of rotatable bonds is 6. The van der Waals surface area contributed by atoms with Crippen molar-refractivity contribution in [2.45, 2.75) is 27.1 Å². The van der Waals surface area contributed by atoms with Gasteiger partial charge in [0.15, 0.2) is 0 Å². The molecule has 132 valence electrons. The predicted octanol–water partition coefficient (Wildman–Crippen LogP) is 5.36. The molecule has 0 fully saturated rings. The first-order valence-corrected chi connectivity index (χ1v) is 8.74. The van der Waals surface area contributed by atoms with Crippen LogP contribution in [0.3, 0.4) is 0 Å². The average molecular weight is 474 g/mol. The van der Waals surface area contributed by atoms with Gasteiger partial charge >= 0.3 is 0 Å². The predicted molar refractivity (Wildman–Crippen MR) is 99.6 cm³/mol. The molecule has 0 N–H and O–H groups in total. The Bertz CT molecular complexity index is 785. The van der Waals surface area contributed by atoms with Crippen molar-refractivity contribution in [2.75, 3.05) is 0 Å². The maximum absolute atomic E-state index is 11.2. The van der Waals surface area contributed by atoms with Crippen molar-refractivity contribution < 1.29 is 14.6 Å². The van der Waals surface area contributed by atoms with Gasteiger partial charge in [0, 0.05) is 21.1 Å². The van der Waals surface area contributed by atoms with E-state index in [1.165, 1.54) is 12.1 Å². The largest absolute Gasteiger partial charge is 0.372 e. The van der Waals surface area contributed by atoms with E-state index in [9.17, 15) is 20.2 Å². The zero-order valence-electron chi connectivity index (χ0n) is 13.4. The van der Waals surface area contributed by atoms with Crippen LogP contribution in [0.2, 0.25) is 0 Å². The summed E-state index contributed by atoms with van der Waals surface area (Å²) in [6, 6.07) is 6.20. The highest BCUT2D eigenvalue weighted by atomic mass is 79.9. The van der Waals surface area contributed by atoms with E-state index in [0.29, 0.717) is 11.1 Å². The van der Waals surface area contributed by atoms with Crippen LogP contribution in [0.15, 0.2) is 33.2 Å². The minimum Gasteiger partial charge on any atom is -0.372 e. The SMILES string of the molecule is Cc1cc([N+](=O)[O-])c(COCc2cc(Br)c(C)cc2[N+](=O)[O-])cc1Br. The number of halogens is 2. The molecular formula is C16H14Br2N2O5. The van der Waals surface area contributed by atoms with Gasteiger partial charge in [-0.1, -0.05) is 31.9 Å². The highest BCUT2D eigenvalue weighted by molar-refractivity contribution is 9.10. The first-order chi connectivity index (χ1) is 11.7. The molecule has 0 bridgehead atoms. The van der Waals surface area contributed by atoms with E-state index in [4.69, 9.17) is 4.74 Å². The molecule has 0 radical (unpaired) electrons. The fourth-order valence-corrected chi connectivity index (χ4v) is 3.04. The van der Waals surface area contributed by atoms with Crippen LogP contribution >= 0.6 is 31.9 Å². The molecule has 0 saturated carbocycles. The summed E-state index contributed by atoms with van der Waals surface area (Å²) in [5, 5.41) is 22.4. The Morgan fingerprint density at radius 2 is 1.20 bits per heavy atom. The summed E-state index contributed by atoms with van der Waals surface area (Å²) < 4.78 is 7.00. The van der Waals surface area contributed by atoms with E-state index in [2.05, 4.69) is 31.9 Å². The lowest BCUT2D eigenvalue weighted by atomic mass is 10.1. The Labute approximate surface area is 160 Å². The average Bonchev–Trinajstić information content (AvgIpc) is 2.53. The van der Waals surface area contributed by atoms with Gasteiger partial charge in [-0.15, -0.1) is 0 Å². The summed E-state index contributed by atoms with van der Waals surface area (Å²) in [5.41, 5.74) is 2.20. The zero-order valence-corrected chi connectivity index (χ0v) is 16.6. The van der Waals surface area contributed by atoms with Crippen LogP contribution in [0, 0.1) is 34.1 Å². The molecule has 2 aromatic rings. The number of nitrogens with zero attached hydrogens (tertiary/aromatic N) is 2. The van der Waals surface area contributed by atoms with Crippen molar-refractivity contribution in [3.8, 4) is 0 Å². The van der Waals surface area contributed by atoms with Crippen molar-refractivity contribution in [1.29, 1.82) is 0 Å². The summed E-state index contributed by atoms with van der Waals surface area (Å²) in [6.45, 7) is 3.46. The number of nitro benzene ring substituents is 2. The van der Waals surface area contributed by atoms with E-state index in [-0.39, 0.29) is 24.6 Å². The number of hydrogen-bond donors (Lipinski definition) is 0. The smallest absolute Gasteiger partial charge is 0.275 e. The third-order valence-corrected chi connectivity index (χ3v) is 5.34. The second-order valence-electron chi connectivity index (χ2n) is 5.47. The van der Waals surface area contributed by atoms with E-state index < -0.39 is 9.85 Å². The number of ether oxygens (including phenoxy) is 1. The quantitative estimate of drug-likeness (QED) is 0.415. The Morgan fingerprint density at radius 1 is 0.840 bits per heavy atom. The molecule has 0 aliphatic heterocycles. The van der Waals surface area contributed by atoms with Crippen molar-refractivity contribution in [3.05, 3.63) is 75.7 Å². The van der Waals surface area contributed by atoms with Gasteiger partial charge < -0.3 is 4.74 Å². The summed E-state index contributed by atoms with van der Waals surface area (Å²) in [6.07, 6.45) is 0. The van der Waals surface area contributed by atoms with Crippen LogP contribution in [0.5, 0.6) is 0 Å². The van der Waals surface area contributed by atoms with Gasteiger partial charge in [-0.25, -0.2) is 0 Å². The van der Waals surface area contributed by atoms with Gasteiger partial charge in [-0.2, -0.15) is 0 Å². The topological polar surface area (TPSA) is 95.5 Å². The molecule has 0 spiro atoms. The lowest BCUT2D eigenvalue weighted by Crippen LogP contribution is -2.02. The van der Waals surface area contributed by atoms with Gasteiger partial charge in [0.1, 0.15) is 0 Å². The van der Waals surface area contributed by atoms with E-state index >= 15 is 0 Å². The molecule has 0 atom stereocenters. The van der Waals surface area contributed by atoms with Crippen LogP contribution < -0.4 is 0 Å². The molecule has 2 rings (SSSR count). The molecule has 0 heterocycles. The van der Waals surface area contributed by atoms with Crippen LogP contribution in [-0.4, -0.2) is 9.85 Å². The summed E-state index contributed by atoms with van der Waals surface area (Å²) in [5.74, 6) is 0. The highest BCUT2D eigenvalue weighted by Gasteiger charge is 2.19. The molecule has 0 saturated heterocycles. The Balaban J connectivity index is 2.22. The lowest BCUT2D eigenvalue weighted by Gasteiger charge is -2.09. The highest BCUT2D eigenvalue weighted by Crippen LogP contribution is 2.30. The second-order valence-corrected chi connectivity index (χ2v) is 7.18. The van der Waals surface area contributed by atoms with Crippen LogP contribution in [-0.2, 0) is 18.0 Å². The molecule has 0 aromatic heterocycles. The molecule has 7 nitrogen and oxygen atoms in total. The minimum absolute atomic E-state index is 0.0299. The van der Waals surface area contributed by atoms with Gasteiger partial charge in [0.25, 0.3) is 11.4 Å². The fourth-order valence-electron chi connectivity index (χ4n) is 2.26. The summed E-state index contributed by atoms with van der Waals surface area (Å²) in [7, 11) is 0. The van der Waals surface area contributed by atoms with Crippen molar-refractivity contribution in [2.24, 2.45) is 0 Å². The van der Waals surface area contributed by atoms with Crippen molar-refractivity contribution in [3.63, 3.8) is 0 Å². The van der Waals surface area contributed by atoms with Gasteiger partial charge in [0.2, 0.25) is 0 Å². The molecule has 0 aliphatic carbocycles. The van der Waals surface area contributed by atoms with Crippen LogP contribution in [0.25, 0.3) is 0 Å². The fraction of sp³-hybridized carbons (Fsp3) is 0.250. The van der Waals surface area contributed by atoms with Crippen molar-refractivity contribution >= 4 is 43.2 Å². The number of nitro groups is 2. The zero-order chi connectivity index (χ0) is 18.7. The van der Waals surface area contributed by atoms with Gasteiger partial charge in [-0.05, 0) is 37.1 Å². The summed E-state index contributed by atoms with van der Waals surface area (Å²) in [4.78, 5) is 21.4. The second kappa shape index (κ2) is 8.03. The van der Waals surface area contributed by atoms with E-state index in [1.807, 2.05) is 0 Å². The standard InChI is InChI=1S/C16H14Br2N2O5/c1-9-3-15(19(21)22)11(5-13(9)17)7-25-8-12-6-14(18)10(2)4-16(12)20(23)24/h3-6H,7-8H2,1-2H3. The Morgan fingerprint density at radius 3 is 1.52 bits per heavy atom. The molecule has 0 aliphatic rings. The lowest BCUT2D eigenvalue weighted by molar-refractivity contribution is -0.386. The molecule has 0 amide bonds. The minimum atomic E-state index is -0.469. The van der Waals surface area contributed by atoms with E-state index in [1.54, 1.807) is 26.0 Å². The maximum Gasteiger partial charge on any atom is 0.275 e. The monoisotopic (exact) mass is 472 g/mol. The molecule has 25 heavy (non-hydrogen) atoms. The molecule has 2 aromatic carbocycles. The first-order valence-electron chi connectivity index (χ1n) is 7.15. The number of benzene rings is 2. The maximum atomic E-state index is 11.2. The molecular weight excluding hydrogens is 460 g/mol. The van der Waals surface area contributed by atoms with Crippen molar-refractivity contribution in [1.82, 2.24) is 0 Å². The molecule has 9 heteroatoms. The normalized spacial score (nSPS) is 10.7. The van der Waals surface area contributed by atoms with E-state index in [0.717, 1.165) is 20.1 Å². The number of hydrogen-bond acceptors (Lipinski definition) is 5. The van der Waals surface area contributed by atoms with Crippen LogP contribution in [0.1, 0.15) is 22.3 Å². The van der Waals surface area contributed by atoms with Gasteiger partial charge in [0.05, 0.1) is 34.2 Å². The number of aryl methyl sites for hydroxylation is 2.